The zero-order valence-corrected chi connectivity index (χ0v) is 15.8. The van der Waals surface area contributed by atoms with Crippen molar-refractivity contribution >= 4 is 17.5 Å². The van der Waals surface area contributed by atoms with Gasteiger partial charge in [0.1, 0.15) is 5.69 Å². The molecule has 3 aromatic rings. The summed E-state index contributed by atoms with van der Waals surface area (Å²) in [6.45, 7) is 0.867. The number of hydrogen-bond acceptors (Lipinski definition) is 2. The third-order valence-electron chi connectivity index (χ3n) is 4.94. The number of carbonyl (C=O) groups is 1. The van der Waals surface area contributed by atoms with E-state index in [0.717, 1.165) is 22.4 Å². The molecule has 28 heavy (non-hydrogen) atoms. The molecule has 0 saturated heterocycles. The van der Waals surface area contributed by atoms with Crippen LogP contribution < -0.4 is 5.32 Å². The zero-order chi connectivity index (χ0) is 19.5. The quantitative estimate of drug-likeness (QED) is 0.349. The highest BCUT2D eigenvalue weighted by atomic mass is 35.5. The Morgan fingerprint density at radius 1 is 1.14 bits per heavy atom. The minimum Gasteiger partial charge on any atom is -0.349 e. The van der Waals surface area contributed by atoms with Crippen LogP contribution in [-0.4, -0.2) is 23.6 Å². The van der Waals surface area contributed by atoms with Crippen LogP contribution >= 0.6 is 11.6 Å². The predicted molar refractivity (Wildman–Crippen MR) is 110 cm³/mol. The minimum atomic E-state index is -0.106. The summed E-state index contributed by atoms with van der Waals surface area (Å²) in [6, 6.07) is 19.6. The molecule has 1 aliphatic heterocycles. The Kier molecular flexibility index (Phi) is 5.06. The number of benzene rings is 2. The topological polar surface area (TPSA) is 82.8 Å². The molecule has 7 heteroatoms. The molecule has 1 amide bonds. The number of amides is 1. The molecule has 1 N–H and O–H groups in total. The summed E-state index contributed by atoms with van der Waals surface area (Å²) in [7, 11) is 0. The number of rotatable bonds is 5. The van der Waals surface area contributed by atoms with Crippen molar-refractivity contribution in [1.29, 1.82) is 0 Å². The molecule has 0 spiro atoms. The first kappa shape index (κ1) is 18.2. The van der Waals surface area contributed by atoms with Crippen LogP contribution in [0.3, 0.4) is 0 Å². The van der Waals surface area contributed by atoms with Crippen LogP contribution in [0, 0.1) is 0 Å². The second kappa shape index (κ2) is 7.80. The maximum Gasteiger partial charge on any atom is 0.268 e. The normalized spacial score (nSPS) is 15.5. The lowest BCUT2D eigenvalue weighted by molar-refractivity contribution is 0.0914. The van der Waals surface area contributed by atoms with Crippen molar-refractivity contribution in [2.45, 2.75) is 12.5 Å². The summed E-state index contributed by atoms with van der Waals surface area (Å²) >= 11 is 6.23. The maximum absolute atomic E-state index is 12.6. The second-order valence-electron chi connectivity index (χ2n) is 6.65. The molecule has 1 unspecified atom stereocenters. The third kappa shape index (κ3) is 3.36. The first-order valence-corrected chi connectivity index (χ1v) is 9.42. The van der Waals surface area contributed by atoms with Crippen molar-refractivity contribution in [1.82, 2.24) is 9.88 Å². The van der Waals surface area contributed by atoms with Gasteiger partial charge >= 0.3 is 0 Å². The van der Waals surface area contributed by atoms with Crippen LogP contribution in [0.4, 0.5) is 0 Å². The monoisotopic (exact) mass is 391 g/mol. The van der Waals surface area contributed by atoms with E-state index in [9.17, 15) is 4.79 Å². The Morgan fingerprint density at radius 3 is 2.68 bits per heavy atom. The van der Waals surface area contributed by atoms with Gasteiger partial charge in [-0.3, -0.25) is 4.79 Å². The van der Waals surface area contributed by atoms with Gasteiger partial charge in [-0.2, -0.15) is 0 Å². The Bertz CT molecular complexity index is 1070. The lowest BCUT2D eigenvalue weighted by atomic mass is 10.0. The van der Waals surface area contributed by atoms with E-state index >= 15 is 0 Å². The van der Waals surface area contributed by atoms with E-state index < -0.39 is 0 Å². The van der Waals surface area contributed by atoms with Gasteiger partial charge in [0.25, 0.3) is 5.91 Å². The molecule has 0 saturated carbocycles. The average molecular weight is 392 g/mol. The van der Waals surface area contributed by atoms with Gasteiger partial charge < -0.3 is 9.88 Å². The molecule has 2 aromatic carbocycles. The molecule has 0 aliphatic carbocycles. The van der Waals surface area contributed by atoms with Gasteiger partial charge in [-0.05, 0) is 41.3 Å². The molecule has 4 rings (SSSR count). The molecular formula is C21H18ClN5O. The standard InChI is InChI=1S/C21H18ClN5O/c22-16-8-4-7-15(11-16)18-12-19-21(28)24-13-17(9-10-25-26-23)27(19)20(18)14-5-2-1-3-6-14/h1-8,11-12,17H,9-10,13H2,(H,24,28). The van der Waals surface area contributed by atoms with Gasteiger partial charge in [0.2, 0.25) is 0 Å². The smallest absolute Gasteiger partial charge is 0.268 e. The summed E-state index contributed by atoms with van der Waals surface area (Å²) in [5.74, 6) is -0.106. The lowest BCUT2D eigenvalue weighted by Crippen LogP contribution is -2.39. The minimum absolute atomic E-state index is 0.00124. The summed E-state index contributed by atoms with van der Waals surface area (Å²) < 4.78 is 2.08. The molecular weight excluding hydrogens is 374 g/mol. The van der Waals surface area contributed by atoms with Crippen molar-refractivity contribution in [3.05, 3.63) is 81.8 Å². The summed E-state index contributed by atoms with van der Waals surface area (Å²) in [5, 5.41) is 7.27. The van der Waals surface area contributed by atoms with Crippen LogP contribution in [0.25, 0.3) is 32.8 Å². The Balaban J connectivity index is 1.94. The molecule has 6 nitrogen and oxygen atoms in total. The molecule has 0 bridgehead atoms. The predicted octanol–water partition coefficient (Wildman–Crippen LogP) is 5.46. The fourth-order valence-corrected chi connectivity index (χ4v) is 3.91. The van der Waals surface area contributed by atoms with E-state index in [0.29, 0.717) is 30.2 Å². The van der Waals surface area contributed by atoms with Crippen molar-refractivity contribution in [3.63, 3.8) is 0 Å². The maximum atomic E-state index is 12.6. The van der Waals surface area contributed by atoms with Crippen molar-refractivity contribution < 1.29 is 4.79 Å². The summed E-state index contributed by atoms with van der Waals surface area (Å²) in [5.41, 5.74) is 13.1. The molecule has 1 aromatic heterocycles. The Morgan fingerprint density at radius 2 is 1.93 bits per heavy atom. The fraction of sp³-hybridized carbons (Fsp3) is 0.190. The first-order chi connectivity index (χ1) is 13.7. The molecule has 0 fully saturated rings. The molecule has 140 valence electrons. The number of azide groups is 1. The van der Waals surface area contributed by atoms with Crippen LogP contribution in [0.15, 0.2) is 65.8 Å². The van der Waals surface area contributed by atoms with Crippen molar-refractivity contribution in [2.75, 3.05) is 13.1 Å². The zero-order valence-electron chi connectivity index (χ0n) is 15.0. The Hall–Kier alpha value is -3.21. The largest absolute Gasteiger partial charge is 0.349 e. The number of nitrogens with one attached hydrogen (secondary N) is 1. The molecule has 2 heterocycles. The van der Waals surface area contributed by atoms with Gasteiger partial charge in [-0.15, -0.1) is 0 Å². The SMILES string of the molecule is [N-]=[N+]=NCCC1CNC(=O)c2cc(-c3cccc(Cl)c3)c(-c3ccccc3)n21. The van der Waals surface area contributed by atoms with Gasteiger partial charge in [0.15, 0.2) is 0 Å². The second-order valence-corrected chi connectivity index (χ2v) is 7.08. The average Bonchev–Trinajstić information content (AvgIpc) is 3.12. The molecule has 0 radical (unpaired) electrons. The van der Waals surface area contributed by atoms with Crippen LogP contribution in [0.2, 0.25) is 5.02 Å². The number of fused-ring (bicyclic) bond motifs is 1. The summed E-state index contributed by atoms with van der Waals surface area (Å²) in [4.78, 5) is 15.5. The van der Waals surface area contributed by atoms with Gasteiger partial charge in [-0.25, -0.2) is 0 Å². The lowest BCUT2D eigenvalue weighted by Gasteiger charge is -2.28. The molecule has 1 aliphatic rings. The summed E-state index contributed by atoms with van der Waals surface area (Å²) in [6.07, 6.45) is 0.640. The third-order valence-corrected chi connectivity index (χ3v) is 5.18. The first-order valence-electron chi connectivity index (χ1n) is 9.04. The van der Waals surface area contributed by atoms with E-state index in [1.54, 1.807) is 0 Å². The van der Waals surface area contributed by atoms with E-state index in [1.165, 1.54) is 0 Å². The van der Waals surface area contributed by atoms with Crippen LogP contribution in [-0.2, 0) is 0 Å². The van der Waals surface area contributed by atoms with Crippen molar-refractivity contribution in [3.8, 4) is 22.4 Å². The van der Waals surface area contributed by atoms with Crippen LogP contribution in [0.5, 0.6) is 0 Å². The number of aromatic nitrogens is 1. The van der Waals surface area contributed by atoms with Gasteiger partial charge in [0.05, 0.1) is 11.7 Å². The molecule has 1 atom stereocenters. The highest BCUT2D eigenvalue weighted by Gasteiger charge is 2.30. The highest BCUT2D eigenvalue weighted by Crippen LogP contribution is 2.39. The number of carbonyl (C=O) groups excluding carboxylic acids is 1. The number of hydrogen-bond donors (Lipinski definition) is 1. The number of halogens is 1. The van der Waals surface area contributed by atoms with Crippen molar-refractivity contribution in [2.24, 2.45) is 5.11 Å². The van der Waals surface area contributed by atoms with E-state index in [4.69, 9.17) is 17.1 Å². The Labute approximate surface area is 167 Å². The van der Waals surface area contributed by atoms with Gasteiger partial charge in [-0.1, -0.05) is 59.2 Å². The fourth-order valence-electron chi connectivity index (χ4n) is 3.72. The van der Waals surface area contributed by atoms with E-state index in [1.807, 2.05) is 60.7 Å². The highest BCUT2D eigenvalue weighted by molar-refractivity contribution is 6.30. The van der Waals surface area contributed by atoms with Crippen LogP contribution in [0.1, 0.15) is 23.0 Å². The van der Waals surface area contributed by atoms with Gasteiger partial charge in [0, 0.05) is 28.6 Å². The van der Waals surface area contributed by atoms with E-state index in [-0.39, 0.29) is 11.9 Å². The number of nitrogens with zero attached hydrogens (tertiary/aromatic N) is 4. The van der Waals surface area contributed by atoms with E-state index in [2.05, 4.69) is 19.9 Å².